The van der Waals surface area contributed by atoms with Gasteiger partial charge in [-0.2, -0.15) is 0 Å². The largest absolute Gasteiger partial charge is 0.489 e. The summed E-state index contributed by atoms with van der Waals surface area (Å²) >= 11 is 0. The van der Waals surface area contributed by atoms with Crippen molar-refractivity contribution in [3.05, 3.63) is 65.7 Å². The van der Waals surface area contributed by atoms with E-state index < -0.39 is 0 Å². The fourth-order valence-corrected chi connectivity index (χ4v) is 3.46. The van der Waals surface area contributed by atoms with Gasteiger partial charge >= 0.3 is 0 Å². The van der Waals surface area contributed by atoms with Crippen LogP contribution in [0.1, 0.15) is 30.4 Å². The second-order valence-electron chi connectivity index (χ2n) is 7.76. The molecule has 0 unspecified atom stereocenters. The van der Waals surface area contributed by atoms with Crippen molar-refractivity contribution in [3.63, 3.8) is 0 Å². The normalized spacial score (nSPS) is 14.5. The standard InChI is InChI=1S/C25H35N3O3.HI/c1-26-25(27-13-6-14-30-19-21-11-15-29-16-12-21)28-18-22-7-5-8-23(17-22)20-31-24-9-3-2-4-10-24;/h2-5,7-10,17,21H,6,11-16,18-20H2,1H3,(H2,26,27,28);1H. The van der Waals surface area contributed by atoms with E-state index >= 15 is 0 Å². The summed E-state index contributed by atoms with van der Waals surface area (Å²) in [5.41, 5.74) is 2.34. The Morgan fingerprint density at radius 3 is 2.59 bits per heavy atom. The molecule has 0 aromatic heterocycles. The van der Waals surface area contributed by atoms with Gasteiger partial charge in [0.2, 0.25) is 0 Å². The van der Waals surface area contributed by atoms with E-state index in [4.69, 9.17) is 14.2 Å². The van der Waals surface area contributed by atoms with Crippen molar-refractivity contribution in [2.75, 3.05) is 40.0 Å². The Hall–Kier alpha value is -1.84. The molecule has 3 rings (SSSR count). The van der Waals surface area contributed by atoms with Crippen LogP contribution < -0.4 is 15.4 Å². The van der Waals surface area contributed by atoms with Crippen LogP contribution in [0.2, 0.25) is 0 Å². The molecule has 0 bridgehead atoms. The maximum Gasteiger partial charge on any atom is 0.191 e. The molecule has 1 aliphatic heterocycles. The van der Waals surface area contributed by atoms with Gasteiger partial charge in [0.25, 0.3) is 0 Å². The van der Waals surface area contributed by atoms with E-state index in [9.17, 15) is 0 Å². The molecule has 2 aromatic carbocycles. The van der Waals surface area contributed by atoms with E-state index in [2.05, 4.69) is 39.9 Å². The van der Waals surface area contributed by atoms with Crippen molar-refractivity contribution >= 4 is 29.9 Å². The Morgan fingerprint density at radius 2 is 1.81 bits per heavy atom. The molecule has 0 spiro atoms. The molecule has 0 atom stereocenters. The average Bonchev–Trinajstić information content (AvgIpc) is 2.83. The molecule has 7 heteroatoms. The molecule has 1 saturated heterocycles. The van der Waals surface area contributed by atoms with Crippen LogP contribution in [0.5, 0.6) is 5.75 Å². The Morgan fingerprint density at radius 1 is 1.03 bits per heavy atom. The molecule has 0 radical (unpaired) electrons. The number of halogens is 1. The maximum absolute atomic E-state index is 5.84. The van der Waals surface area contributed by atoms with Crippen molar-refractivity contribution in [2.45, 2.75) is 32.4 Å². The van der Waals surface area contributed by atoms with Crippen molar-refractivity contribution in [1.82, 2.24) is 10.6 Å². The highest BCUT2D eigenvalue weighted by Crippen LogP contribution is 2.15. The van der Waals surface area contributed by atoms with Crippen LogP contribution in [-0.4, -0.2) is 46.0 Å². The molecule has 0 aliphatic carbocycles. The second kappa shape index (κ2) is 15.9. The minimum absolute atomic E-state index is 0. The molecular weight excluding hydrogens is 517 g/mol. The van der Waals surface area contributed by atoms with Gasteiger partial charge in [-0.1, -0.05) is 42.5 Å². The predicted molar refractivity (Wildman–Crippen MR) is 140 cm³/mol. The molecule has 32 heavy (non-hydrogen) atoms. The second-order valence-corrected chi connectivity index (χ2v) is 7.76. The molecule has 6 nitrogen and oxygen atoms in total. The Balaban J connectivity index is 0.00000363. The Kier molecular flexibility index (Phi) is 13.1. The maximum atomic E-state index is 5.84. The monoisotopic (exact) mass is 553 g/mol. The van der Waals surface area contributed by atoms with E-state index in [1.807, 2.05) is 30.3 Å². The third-order valence-electron chi connectivity index (χ3n) is 5.28. The minimum Gasteiger partial charge on any atom is -0.489 e. The lowest BCUT2D eigenvalue weighted by atomic mass is 10.0. The van der Waals surface area contributed by atoms with Gasteiger partial charge in [0.15, 0.2) is 5.96 Å². The predicted octanol–water partition coefficient (Wildman–Crippen LogP) is 4.38. The highest BCUT2D eigenvalue weighted by Gasteiger charge is 2.13. The van der Waals surface area contributed by atoms with Crippen molar-refractivity contribution in [3.8, 4) is 5.75 Å². The summed E-state index contributed by atoms with van der Waals surface area (Å²) in [4.78, 5) is 4.31. The topological polar surface area (TPSA) is 64.1 Å². The first kappa shape index (κ1) is 26.4. The van der Waals surface area contributed by atoms with Crippen LogP contribution in [0.4, 0.5) is 0 Å². The number of nitrogens with zero attached hydrogens (tertiary/aromatic N) is 1. The molecule has 2 N–H and O–H groups in total. The highest BCUT2D eigenvalue weighted by molar-refractivity contribution is 14.0. The van der Waals surface area contributed by atoms with Gasteiger partial charge in [-0.15, -0.1) is 24.0 Å². The molecular formula is C25H36IN3O3. The van der Waals surface area contributed by atoms with E-state index in [-0.39, 0.29) is 24.0 Å². The number of ether oxygens (including phenoxy) is 3. The zero-order valence-electron chi connectivity index (χ0n) is 18.9. The molecule has 1 heterocycles. The first-order chi connectivity index (χ1) is 15.3. The summed E-state index contributed by atoms with van der Waals surface area (Å²) in [7, 11) is 1.79. The number of benzene rings is 2. The van der Waals surface area contributed by atoms with E-state index in [1.54, 1.807) is 7.05 Å². The summed E-state index contributed by atoms with van der Waals surface area (Å²) in [6, 6.07) is 18.3. The van der Waals surface area contributed by atoms with Crippen LogP contribution in [0.15, 0.2) is 59.6 Å². The molecule has 0 saturated carbocycles. The zero-order valence-corrected chi connectivity index (χ0v) is 21.3. The van der Waals surface area contributed by atoms with Crippen LogP contribution in [0.25, 0.3) is 0 Å². The first-order valence-electron chi connectivity index (χ1n) is 11.2. The molecule has 1 fully saturated rings. The SMILES string of the molecule is CN=C(NCCCOCC1CCOCC1)NCc1cccc(COc2ccccc2)c1.I. The number of guanidine groups is 1. The number of hydrogen-bond acceptors (Lipinski definition) is 4. The van der Waals surface area contributed by atoms with Gasteiger partial charge in [-0.25, -0.2) is 0 Å². The summed E-state index contributed by atoms with van der Waals surface area (Å²) in [5.74, 6) is 2.34. The van der Waals surface area contributed by atoms with Gasteiger partial charge in [-0.05, 0) is 48.4 Å². The van der Waals surface area contributed by atoms with Crippen LogP contribution in [0, 0.1) is 5.92 Å². The first-order valence-corrected chi connectivity index (χ1v) is 11.2. The van der Waals surface area contributed by atoms with Crippen molar-refractivity contribution < 1.29 is 14.2 Å². The van der Waals surface area contributed by atoms with Crippen LogP contribution in [0.3, 0.4) is 0 Å². The van der Waals surface area contributed by atoms with E-state index in [1.165, 1.54) is 5.56 Å². The fourth-order valence-electron chi connectivity index (χ4n) is 3.46. The molecule has 176 valence electrons. The quantitative estimate of drug-likeness (QED) is 0.187. The smallest absolute Gasteiger partial charge is 0.191 e. The number of rotatable bonds is 11. The lowest BCUT2D eigenvalue weighted by molar-refractivity contribution is 0.0203. The molecule has 0 amide bonds. The molecule has 1 aliphatic rings. The third-order valence-corrected chi connectivity index (χ3v) is 5.28. The Labute approximate surface area is 209 Å². The average molecular weight is 553 g/mol. The zero-order chi connectivity index (χ0) is 21.6. The number of hydrogen-bond donors (Lipinski definition) is 2. The summed E-state index contributed by atoms with van der Waals surface area (Å²) < 4.78 is 17.0. The summed E-state index contributed by atoms with van der Waals surface area (Å²) in [6.07, 6.45) is 3.19. The van der Waals surface area contributed by atoms with Gasteiger partial charge in [0, 0.05) is 46.6 Å². The minimum atomic E-state index is 0. The Bertz CT molecular complexity index is 783. The van der Waals surface area contributed by atoms with Crippen LogP contribution >= 0.6 is 24.0 Å². The van der Waals surface area contributed by atoms with Crippen molar-refractivity contribution in [1.29, 1.82) is 0 Å². The highest BCUT2D eigenvalue weighted by atomic mass is 127. The number of nitrogens with one attached hydrogen (secondary N) is 2. The summed E-state index contributed by atoms with van der Waals surface area (Å²) in [6.45, 7) is 5.46. The lowest BCUT2D eigenvalue weighted by Crippen LogP contribution is -2.37. The van der Waals surface area contributed by atoms with Gasteiger partial charge in [-0.3, -0.25) is 4.99 Å². The molecule has 2 aromatic rings. The van der Waals surface area contributed by atoms with Crippen molar-refractivity contribution in [2.24, 2.45) is 10.9 Å². The van der Waals surface area contributed by atoms with E-state index in [0.717, 1.165) is 69.5 Å². The van der Waals surface area contributed by atoms with E-state index in [0.29, 0.717) is 19.1 Å². The number of para-hydroxylation sites is 1. The third kappa shape index (κ3) is 10.2. The van der Waals surface area contributed by atoms with Crippen LogP contribution in [-0.2, 0) is 22.6 Å². The lowest BCUT2D eigenvalue weighted by Gasteiger charge is -2.21. The van der Waals surface area contributed by atoms with Gasteiger partial charge in [0.05, 0.1) is 0 Å². The van der Waals surface area contributed by atoms with Gasteiger partial charge in [0.1, 0.15) is 12.4 Å². The fraction of sp³-hybridized carbons (Fsp3) is 0.480. The number of aliphatic imine (C=N–C) groups is 1. The van der Waals surface area contributed by atoms with Gasteiger partial charge < -0.3 is 24.8 Å². The summed E-state index contributed by atoms with van der Waals surface area (Å²) in [5, 5.41) is 6.73.